The van der Waals surface area contributed by atoms with Crippen molar-refractivity contribution in [3.05, 3.63) is 96.7 Å². The third-order valence-corrected chi connectivity index (χ3v) is 6.29. The molecular formula is C27H22FN5O2. The molecule has 1 amide bonds. The fourth-order valence-corrected chi connectivity index (χ4v) is 4.45. The van der Waals surface area contributed by atoms with Gasteiger partial charge in [0.05, 0.1) is 23.2 Å². The standard InChI is InChI=1S/C27H22FN5O2/c28-22-9-5-4-8-21(22)24-17-26(31-11-13-32(14-12-31)27(34)20-10-15-35-18-20)33-25(29-24)16-23(30-33)19-6-2-1-3-7-19/h1-10,15-18H,11-14H2. The first-order valence-corrected chi connectivity index (χ1v) is 11.4. The predicted molar refractivity (Wildman–Crippen MR) is 131 cm³/mol. The number of furan rings is 1. The van der Waals surface area contributed by atoms with Gasteiger partial charge in [0.1, 0.15) is 17.9 Å². The summed E-state index contributed by atoms with van der Waals surface area (Å²) in [7, 11) is 0. The Balaban J connectivity index is 1.39. The van der Waals surface area contributed by atoms with Crippen molar-refractivity contribution < 1.29 is 13.6 Å². The highest BCUT2D eigenvalue weighted by Gasteiger charge is 2.25. The number of piperazine rings is 1. The molecule has 1 aliphatic rings. The molecule has 0 radical (unpaired) electrons. The Morgan fingerprint density at radius 3 is 2.40 bits per heavy atom. The van der Waals surface area contributed by atoms with Gasteiger partial charge in [-0.2, -0.15) is 9.61 Å². The number of halogens is 1. The molecule has 35 heavy (non-hydrogen) atoms. The third kappa shape index (κ3) is 3.93. The van der Waals surface area contributed by atoms with Crippen LogP contribution in [0.15, 0.2) is 89.7 Å². The van der Waals surface area contributed by atoms with Crippen molar-refractivity contribution in [2.75, 3.05) is 31.1 Å². The first-order valence-electron chi connectivity index (χ1n) is 11.4. The Kier molecular flexibility index (Phi) is 5.25. The lowest BCUT2D eigenvalue weighted by molar-refractivity contribution is 0.0745. The number of rotatable bonds is 4. The van der Waals surface area contributed by atoms with Crippen molar-refractivity contribution in [3.8, 4) is 22.5 Å². The first kappa shape index (κ1) is 21.1. The SMILES string of the molecule is O=C(c1ccoc1)N1CCN(c2cc(-c3ccccc3F)nc3cc(-c4ccccc4)nn23)CC1. The van der Waals surface area contributed by atoms with Crippen molar-refractivity contribution in [2.24, 2.45) is 0 Å². The maximum atomic E-state index is 14.7. The number of nitrogens with zero attached hydrogens (tertiary/aromatic N) is 5. The second-order valence-electron chi connectivity index (χ2n) is 8.44. The van der Waals surface area contributed by atoms with Gasteiger partial charge in [-0.05, 0) is 18.2 Å². The topological polar surface area (TPSA) is 66.9 Å². The van der Waals surface area contributed by atoms with Gasteiger partial charge in [0.25, 0.3) is 5.91 Å². The minimum absolute atomic E-state index is 0.0456. The van der Waals surface area contributed by atoms with E-state index >= 15 is 0 Å². The molecular weight excluding hydrogens is 445 g/mol. The van der Waals surface area contributed by atoms with Crippen LogP contribution in [0.2, 0.25) is 0 Å². The molecule has 6 rings (SSSR count). The molecule has 0 bridgehead atoms. The van der Waals surface area contributed by atoms with E-state index in [1.54, 1.807) is 28.8 Å². The molecule has 7 nitrogen and oxygen atoms in total. The van der Waals surface area contributed by atoms with Gasteiger partial charge in [-0.3, -0.25) is 4.79 Å². The molecule has 3 aromatic heterocycles. The second kappa shape index (κ2) is 8.72. The highest BCUT2D eigenvalue weighted by Crippen LogP contribution is 2.29. The summed E-state index contributed by atoms with van der Waals surface area (Å²) in [5, 5.41) is 4.84. The number of carbonyl (C=O) groups is 1. The zero-order valence-corrected chi connectivity index (χ0v) is 18.8. The molecule has 0 aliphatic carbocycles. The number of aromatic nitrogens is 3. The van der Waals surface area contributed by atoms with Crippen LogP contribution < -0.4 is 4.90 Å². The van der Waals surface area contributed by atoms with E-state index < -0.39 is 0 Å². The predicted octanol–water partition coefficient (Wildman–Crippen LogP) is 4.76. The van der Waals surface area contributed by atoms with Crippen LogP contribution in [0.1, 0.15) is 10.4 Å². The molecule has 5 aromatic rings. The van der Waals surface area contributed by atoms with Crippen LogP contribution in [0.4, 0.5) is 10.2 Å². The molecule has 4 heterocycles. The molecule has 174 valence electrons. The number of anilines is 1. The van der Waals surface area contributed by atoms with E-state index in [0.717, 1.165) is 17.1 Å². The Morgan fingerprint density at radius 1 is 0.886 bits per heavy atom. The molecule has 0 spiro atoms. The summed E-state index contributed by atoms with van der Waals surface area (Å²) >= 11 is 0. The molecule has 0 atom stereocenters. The van der Waals surface area contributed by atoms with Crippen LogP contribution in [-0.4, -0.2) is 51.6 Å². The minimum atomic E-state index is -0.325. The number of benzene rings is 2. The number of fused-ring (bicyclic) bond motifs is 1. The average Bonchev–Trinajstić information content (AvgIpc) is 3.59. The lowest BCUT2D eigenvalue weighted by atomic mass is 10.1. The lowest BCUT2D eigenvalue weighted by Crippen LogP contribution is -2.49. The summed E-state index contributed by atoms with van der Waals surface area (Å²) in [6.07, 6.45) is 2.97. The number of amides is 1. The molecule has 1 fully saturated rings. The van der Waals surface area contributed by atoms with Crippen molar-refractivity contribution >= 4 is 17.4 Å². The van der Waals surface area contributed by atoms with Gasteiger partial charge < -0.3 is 14.2 Å². The van der Waals surface area contributed by atoms with E-state index in [1.807, 2.05) is 47.4 Å². The van der Waals surface area contributed by atoms with Crippen LogP contribution in [0.3, 0.4) is 0 Å². The van der Waals surface area contributed by atoms with E-state index in [2.05, 4.69) is 4.90 Å². The van der Waals surface area contributed by atoms with E-state index in [-0.39, 0.29) is 11.7 Å². The summed E-state index contributed by atoms with van der Waals surface area (Å²) in [6.45, 7) is 2.32. The average molecular weight is 468 g/mol. The normalized spacial score (nSPS) is 14.0. The number of hydrogen-bond donors (Lipinski definition) is 0. The number of hydrogen-bond acceptors (Lipinski definition) is 5. The maximum Gasteiger partial charge on any atom is 0.257 e. The van der Waals surface area contributed by atoms with Crippen molar-refractivity contribution in [3.63, 3.8) is 0 Å². The molecule has 0 N–H and O–H groups in total. The largest absolute Gasteiger partial charge is 0.472 e. The summed E-state index contributed by atoms with van der Waals surface area (Å²) in [5.41, 5.74) is 3.93. The van der Waals surface area contributed by atoms with E-state index in [1.165, 1.54) is 18.6 Å². The molecule has 1 saturated heterocycles. The van der Waals surface area contributed by atoms with Gasteiger partial charge in [0, 0.05) is 49.4 Å². The van der Waals surface area contributed by atoms with Crippen molar-refractivity contribution in [2.45, 2.75) is 0 Å². The fourth-order valence-electron chi connectivity index (χ4n) is 4.45. The highest BCUT2D eigenvalue weighted by atomic mass is 19.1. The zero-order chi connectivity index (χ0) is 23.8. The van der Waals surface area contributed by atoms with Crippen molar-refractivity contribution in [1.29, 1.82) is 0 Å². The maximum absolute atomic E-state index is 14.7. The summed E-state index contributed by atoms with van der Waals surface area (Å²) < 4.78 is 21.5. The van der Waals surface area contributed by atoms with E-state index in [4.69, 9.17) is 14.5 Å². The molecule has 0 unspecified atom stereocenters. The Labute approximate surface area is 201 Å². The van der Waals surface area contributed by atoms with Gasteiger partial charge in [0.15, 0.2) is 5.65 Å². The van der Waals surface area contributed by atoms with Gasteiger partial charge >= 0.3 is 0 Å². The highest BCUT2D eigenvalue weighted by molar-refractivity contribution is 5.94. The van der Waals surface area contributed by atoms with Crippen LogP contribution in [0.5, 0.6) is 0 Å². The fraction of sp³-hybridized carbons (Fsp3) is 0.148. The molecule has 8 heteroatoms. The smallest absolute Gasteiger partial charge is 0.257 e. The quantitative estimate of drug-likeness (QED) is 0.381. The zero-order valence-electron chi connectivity index (χ0n) is 18.8. The first-order chi connectivity index (χ1) is 17.2. The van der Waals surface area contributed by atoms with Gasteiger partial charge in [0.2, 0.25) is 0 Å². The monoisotopic (exact) mass is 467 g/mol. The van der Waals surface area contributed by atoms with Gasteiger partial charge in [-0.25, -0.2) is 9.37 Å². The molecule has 2 aromatic carbocycles. The van der Waals surface area contributed by atoms with Crippen LogP contribution >= 0.6 is 0 Å². The van der Waals surface area contributed by atoms with Crippen LogP contribution in [-0.2, 0) is 0 Å². The van der Waals surface area contributed by atoms with E-state index in [0.29, 0.717) is 48.6 Å². The van der Waals surface area contributed by atoms with Gasteiger partial charge in [-0.1, -0.05) is 42.5 Å². The second-order valence-corrected chi connectivity index (χ2v) is 8.44. The van der Waals surface area contributed by atoms with E-state index in [9.17, 15) is 9.18 Å². The Morgan fingerprint density at radius 2 is 1.66 bits per heavy atom. The Bertz CT molecular complexity index is 1490. The van der Waals surface area contributed by atoms with Crippen LogP contribution in [0.25, 0.3) is 28.2 Å². The lowest BCUT2D eigenvalue weighted by Gasteiger charge is -2.36. The number of carbonyl (C=O) groups excluding carboxylic acids is 1. The summed E-state index contributed by atoms with van der Waals surface area (Å²) in [4.78, 5) is 21.5. The van der Waals surface area contributed by atoms with Crippen LogP contribution in [0, 0.1) is 5.82 Å². The van der Waals surface area contributed by atoms with Crippen molar-refractivity contribution in [1.82, 2.24) is 19.5 Å². The minimum Gasteiger partial charge on any atom is -0.472 e. The molecule has 0 saturated carbocycles. The van der Waals surface area contributed by atoms with Gasteiger partial charge in [-0.15, -0.1) is 0 Å². The summed E-state index contributed by atoms with van der Waals surface area (Å²) in [5.74, 6) is 0.440. The summed E-state index contributed by atoms with van der Waals surface area (Å²) in [6, 6.07) is 22.0. The Hall–Kier alpha value is -4.46. The molecule has 1 aliphatic heterocycles. The third-order valence-electron chi connectivity index (χ3n) is 6.29.